The van der Waals surface area contributed by atoms with Crippen molar-refractivity contribution >= 4 is 28.4 Å². The molecule has 2 aromatic heterocycles. The van der Waals surface area contributed by atoms with Crippen molar-refractivity contribution in [3.05, 3.63) is 77.7 Å². The second kappa shape index (κ2) is 9.10. The van der Waals surface area contributed by atoms with Crippen molar-refractivity contribution < 1.29 is 9.90 Å². The van der Waals surface area contributed by atoms with Gasteiger partial charge in [-0.3, -0.25) is 9.89 Å². The van der Waals surface area contributed by atoms with Crippen LogP contribution in [0.5, 0.6) is 0 Å². The quantitative estimate of drug-likeness (QED) is 0.414. The Hall–Kier alpha value is -4.22. The number of hydrogen-bond donors (Lipinski definition) is 3. The molecule has 33 heavy (non-hydrogen) atoms. The Kier molecular flexibility index (Phi) is 5.70. The molecule has 0 saturated carbocycles. The van der Waals surface area contributed by atoms with E-state index in [4.69, 9.17) is 5.11 Å². The first-order chi connectivity index (χ1) is 16.2. The van der Waals surface area contributed by atoms with Gasteiger partial charge in [-0.05, 0) is 36.2 Å². The zero-order chi connectivity index (χ0) is 22.6. The van der Waals surface area contributed by atoms with Crippen molar-refractivity contribution in [3.8, 4) is 11.8 Å². The zero-order valence-electron chi connectivity index (χ0n) is 17.8. The number of aliphatic hydroxyl groups excluding tert-OH is 1. The van der Waals surface area contributed by atoms with E-state index in [-0.39, 0.29) is 18.4 Å². The summed E-state index contributed by atoms with van der Waals surface area (Å²) in [5.41, 5.74) is 4.32. The predicted octanol–water partition coefficient (Wildman–Crippen LogP) is 2.75. The molecule has 164 valence electrons. The van der Waals surface area contributed by atoms with Gasteiger partial charge in [0.15, 0.2) is 5.65 Å². The molecule has 0 spiro atoms. The first kappa shape index (κ1) is 20.7. The van der Waals surface area contributed by atoms with E-state index >= 15 is 0 Å². The number of para-hydroxylation sites is 1. The molecule has 8 nitrogen and oxygen atoms in total. The van der Waals surface area contributed by atoms with E-state index in [1.807, 2.05) is 18.2 Å². The summed E-state index contributed by atoms with van der Waals surface area (Å²) in [5.74, 6) is 6.37. The second-order valence-electron chi connectivity index (χ2n) is 7.78. The Morgan fingerprint density at radius 3 is 3.03 bits per heavy atom. The van der Waals surface area contributed by atoms with Crippen LogP contribution in [0.15, 0.2) is 61.1 Å². The second-order valence-corrected chi connectivity index (χ2v) is 7.78. The van der Waals surface area contributed by atoms with Crippen LogP contribution in [0.3, 0.4) is 0 Å². The summed E-state index contributed by atoms with van der Waals surface area (Å²) in [7, 11) is 0. The van der Waals surface area contributed by atoms with Gasteiger partial charge in [-0.15, -0.1) is 0 Å². The highest BCUT2D eigenvalue weighted by atomic mass is 16.2. The Bertz CT molecular complexity index is 1370. The SMILES string of the molecule is O=C(NCCC1CN(c2ncnc3[nH]ncc23)c2ccccc21)c1cccc(C#CCO)c1. The van der Waals surface area contributed by atoms with Crippen molar-refractivity contribution in [1.29, 1.82) is 0 Å². The number of nitrogens with one attached hydrogen (secondary N) is 2. The monoisotopic (exact) mass is 438 g/mol. The van der Waals surface area contributed by atoms with Crippen LogP contribution in [0.2, 0.25) is 0 Å². The number of rotatable bonds is 5. The zero-order valence-corrected chi connectivity index (χ0v) is 17.8. The van der Waals surface area contributed by atoms with E-state index in [2.05, 4.69) is 54.4 Å². The fourth-order valence-corrected chi connectivity index (χ4v) is 4.25. The molecule has 0 bridgehead atoms. The van der Waals surface area contributed by atoms with E-state index in [9.17, 15) is 4.79 Å². The fraction of sp³-hybridized carbons (Fsp3) is 0.200. The molecule has 0 aliphatic carbocycles. The van der Waals surface area contributed by atoms with Gasteiger partial charge in [0.25, 0.3) is 5.91 Å². The Balaban J connectivity index is 1.29. The largest absolute Gasteiger partial charge is 0.384 e. The summed E-state index contributed by atoms with van der Waals surface area (Å²) in [4.78, 5) is 23.6. The van der Waals surface area contributed by atoms with Gasteiger partial charge in [-0.2, -0.15) is 5.10 Å². The maximum Gasteiger partial charge on any atom is 0.251 e. The molecule has 3 heterocycles. The Morgan fingerprint density at radius 1 is 1.21 bits per heavy atom. The van der Waals surface area contributed by atoms with Gasteiger partial charge in [-0.25, -0.2) is 9.97 Å². The van der Waals surface area contributed by atoms with Crippen LogP contribution >= 0.6 is 0 Å². The number of amides is 1. The maximum atomic E-state index is 12.6. The van der Waals surface area contributed by atoms with E-state index in [0.717, 1.165) is 29.9 Å². The molecule has 3 N–H and O–H groups in total. The van der Waals surface area contributed by atoms with Crippen molar-refractivity contribution in [2.24, 2.45) is 0 Å². The summed E-state index contributed by atoms with van der Waals surface area (Å²) in [5, 5.41) is 19.8. The standard InChI is InChI=1S/C25H22N6O2/c32-12-4-6-17-5-3-7-18(13-17)25(33)26-11-10-19-15-31(22-9-2-1-8-20(19)22)24-21-14-29-30-23(21)27-16-28-24/h1-3,5,7-9,13-14,16,19,32H,10-12,15H2,(H,26,33)(H,27,28,29,30). The molecule has 1 aliphatic heterocycles. The molecule has 1 unspecified atom stereocenters. The van der Waals surface area contributed by atoms with Crippen molar-refractivity contribution in [2.75, 3.05) is 24.6 Å². The molecular weight excluding hydrogens is 416 g/mol. The third-order valence-electron chi connectivity index (χ3n) is 5.77. The molecule has 1 amide bonds. The molecule has 2 aromatic carbocycles. The lowest BCUT2D eigenvalue weighted by Crippen LogP contribution is -2.26. The predicted molar refractivity (Wildman–Crippen MR) is 125 cm³/mol. The van der Waals surface area contributed by atoms with Crippen LogP contribution in [0.4, 0.5) is 11.5 Å². The number of hydrogen-bond acceptors (Lipinski definition) is 6. The number of carbonyl (C=O) groups is 1. The van der Waals surface area contributed by atoms with Gasteiger partial charge < -0.3 is 15.3 Å². The lowest BCUT2D eigenvalue weighted by atomic mass is 9.98. The molecular formula is C25H22N6O2. The van der Waals surface area contributed by atoms with Gasteiger partial charge in [-0.1, -0.05) is 36.1 Å². The van der Waals surface area contributed by atoms with Crippen molar-refractivity contribution in [1.82, 2.24) is 25.5 Å². The van der Waals surface area contributed by atoms with Crippen LogP contribution in [-0.2, 0) is 0 Å². The number of aromatic amines is 1. The van der Waals surface area contributed by atoms with Gasteiger partial charge >= 0.3 is 0 Å². The summed E-state index contributed by atoms with van der Waals surface area (Å²) in [6.45, 7) is 1.10. The summed E-state index contributed by atoms with van der Waals surface area (Å²) >= 11 is 0. The van der Waals surface area contributed by atoms with Gasteiger partial charge in [0.2, 0.25) is 0 Å². The van der Waals surface area contributed by atoms with Crippen LogP contribution in [0.1, 0.15) is 33.8 Å². The molecule has 5 rings (SSSR count). The molecule has 4 aromatic rings. The Morgan fingerprint density at radius 2 is 2.12 bits per heavy atom. The van der Waals surface area contributed by atoms with Gasteiger partial charge in [0, 0.05) is 35.8 Å². The minimum absolute atomic E-state index is 0.137. The molecule has 1 atom stereocenters. The first-order valence-electron chi connectivity index (χ1n) is 10.7. The molecule has 1 aliphatic rings. The number of H-pyrrole nitrogens is 1. The normalized spacial score (nSPS) is 14.6. The van der Waals surface area contributed by atoms with E-state index in [0.29, 0.717) is 23.3 Å². The minimum Gasteiger partial charge on any atom is -0.384 e. The highest BCUT2D eigenvalue weighted by Crippen LogP contribution is 2.42. The average molecular weight is 438 g/mol. The molecule has 0 radical (unpaired) electrons. The van der Waals surface area contributed by atoms with Gasteiger partial charge in [0.1, 0.15) is 18.8 Å². The van der Waals surface area contributed by atoms with Crippen LogP contribution in [0, 0.1) is 11.8 Å². The summed E-state index contributed by atoms with van der Waals surface area (Å²) < 4.78 is 0. The van der Waals surface area contributed by atoms with Crippen LogP contribution < -0.4 is 10.2 Å². The third-order valence-corrected chi connectivity index (χ3v) is 5.77. The number of benzene rings is 2. The third kappa shape index (κ3) is 4.14. The number of anilines is 2. The maximum absolute atomic E-state index is 12.6. The lowest BCUT2D eigenvalue weighted by molar-refractivity contribution is 0.0952. The number of carbonyl (C=O) groups excluding carboxylic acids is 1. The number of aliphatic hydroxyl groups is 1. The van der Waals surface area contributed by atoms with E-state index in [1.54, 1.807) is 30.7 Å². The highest BCUT2D eigenvalue weighted by molar-refractivity contribution is 5.94. The van der Waals surface area contributed by atoms with Crippen LogP contribution in [-0.4, -0.2) is 50.9 Å². The number of fused-ring (bicyclic) bond motifs is 2. The molecule has 0 saturated heterocycles. The summed E-state index contributed by atoms with van der Waals surface area (Å²) in [6, 6.07) is 15.4. The highest BCUT2D eigenvalue weighted by Gasteiger charge is 2.30. The minimum atomic E-state index is -0.211. The van der Waals surface area contributed by atoms with E-state index < -0.39 is 0 Å². The lowest BCUT2D eigenvalue weighted by Gasteiger charge is -2.19. The fourth-order valence-electron chi connectivity index (χ4n) is 4.25. The van der Waals surface area contributed by atoms with Crippen molar-refractivity contribution in [3.63, 3.8) is 0 Å². The molecule has 0 fully saturated rings. The number of nitrogens with zero attached hydrogens (tertiary/aromatic N) is 4. The summed E-state index contributed by atoms with van der Waals surface area (Å²) in [6.07, 6.45) is 4.09. The van der Waals surface area contributed by atoms with Crippen LogP contribution in [0.25, 0.3) is 11.0 Å². The molecule has 8 heteroatoms. The number of aromatic nitrogens is 4. The first-order valence-corrected chi connectivity index (χ1v) is 10.7. The topological polar surface area (TPSA) is 107 Å². The van der Waals surface area contributed by atoms with Gasteiger partial charge in [0.05, 0.1) is 11.6 Å². The smallest absolute Gasteiger partial charge is 0.251 e. The average Bonchev–Trinajstić information content (AvgIpc) is 3.48. The Labute approximate surface area is 190 Å². The van der Waals surface area contributed by atoms with E-state index in [1.165, 1.54) is 5.56 Å². The van der Waals surface area contributed by atoms with Crippen molar-refractivity contribution in [2.45, 2.75) is 12.3 Å².